The van der Waals surface area contributed by atoms with Crippen molar-refractivity contribution < 1.29 is 0 Å². The summed E-state index contributed by atoms with van der Waals surface area (Å²) in [7, 11) is 0. The van der Waals surface area contributed by atoms with E-state index < -0.39 is 5.41 Å². The Morgan fingerprint density at radius 1 is 0.783 bits per heavy atom. The smallest absolute Gasteiger partial charge is 0.113 e. The van der Waals surface area contributed by atoms with Crippen molar-refractivity contribution in [1.82, 2.24) is 0 Å². The molecule has 0 saturated heterocycles. The van der Waals surface area contributed by atoms with Crippen LogP contribution in [0.3, 0.4) is 0 Å². The lowest BCUT2D eigenvalue weighted by molar-refractivity contribution is 0.0242. The van der Waals surface area contributed by atoms with Crippen LogP contribution in [0.1, 0.15) is 49.7 Å². The van der Waals surface area contributed by atoms with Crippen LogP contribution in [0.2, 0.25) is 0 Å². The Labute approximate surface area is 139 Å². The molecule has 23 heavy (non-hydrogen) atoms. The molecule has 1 nitrogen and oxygen atoms in total. The molecule has 0 radical (unpaired) electrons. The Bertz CT molecular complexity index is 649. The molecule has 0 spiro atoms. The molecule has 3 saturated carbocycles. The summed E-state index contributed by atoms with van der Waals surface area (Å²) in [6.45, 7) is 0. The van der Waals surface area contributed by atoms with Gasteiger partial charge in [-0.1, -0.05) is 60.7 Å². The first-order valence-electron chi connectivity index (χ1n) is 8.83. The van der Waals surface area contributed by atoms with Crippen LogP contribution in [0, 0.1) is 22.7 Å². The zero-order chi connectivity index (χ0) is 15.8. The lowest BCUT2D eigenvalue weighted by atomic mass is 9.47. The maximum atomic E-state index is 10.5. The highest BCUT2D eigenvalue weighted by molar-refractivity contribution is 5.49. The minimum Gasteiger partial charge on any atom is -0.197 e. The van der Waals surface area contributed by atoms with E-state index in [1.165, 1.54) is 49.7 Å². The molecule has 2 aromatic rings. The molecular formula is C22H23N. The highest BCUT2D eigenvalue weighted by Gasteiger charge is 2.56. The molecule has 3 fully saturated rings. The standard InChI is InChI=1S/C22H23N/c23-17-22(19-7-3-1-4-8-19,20-9-5-2-6-10-20)21-14-11-18(12-15-21)13-16-21/h1-10,18H,11-16H2. The second-order valence-corrected chi connectivity index (χ2v) is 7.36. The van der Waals surface area contributed by atoms with Crippen molar-refractivity contribution in [3.63, 3.8) is 0 Å². The molecule has 116 valence electrons. The van der Waals surface area contributed by atoms with Crippen molar-refractivity contribution >= 4 is 0 Å². The van der Waals surface area contributed by atoms with Gasteiger partial charge in [-0.3, -0.25) is 0 Å². The van der Waals surface area contributed by atoms with E-state index in [4.69, 9.17) is 0 Å². The van der Waals surface area contributed by atoms with Gasteiger partial charge < -0.3 is 0 Å². The maximum Gasteiger partial charge on any atom is 0.113 e. The molecule has 3 aliphatic carbocycles. The minimum absolute atomic E-state index is 0.0964. The number of hydrogen-bond acceptors (Lipinski definition) is 1. The van der Waals surface area contributed by atoms with Crippen molar-refractivity contribution in [2.24, 2.45) is 11.3 Å². The summed E-state index contributed by atoms with van der Waals surface area (Å²) >= 11 is 0. The summed E-state index contributed by atoms with van der Waals surface area (Å²) in [6, 6.07) is 23.9. The zero-order valence-corrected chi connectivity index (χ0v) is 13.5. The van der Waals surface area contributed by atoms with Crippen LogP contribution in [0.4, 0.5) is 0 Å². The fourth-order valence-corrected chi connectivity index (χ4v) is 5.21. The third kappa shape index (κ3) is 2.05. The van der Waals surface area contributed by atoms with Crippen LogP contribution in [-0.4, -0.2) is 0 Å². The van der Waals surface area contributed by atoms with Gasteiger partial charge >= 0.3 is 0 Å². The van der Waals surface area contributed by atoms with Crippen molar-refractivity contribution in [3.05, 3.63) is 71.8 Å². The van der Waals surface area contributed by atoms with E-state index in [-0.39, 0.29) is 5.41 Å². The number of nitrogens with zero attached hydrogens (tertiary/aromatic N) is 1. The van der Waals surface area contributed by atoms with E-state index in [0.717, 1.165) is 5.92 Å². The summed E-state index contributed by atoms with van der Waals surface area (Å²) < 4.78 is 0. The second kappa shape index (κ2) is 5.53. The highest BCUT2D eigenvalue weighted by Crippen LogP contribution is 2.61. The van der Waals surface area contributed by atoms with E-state index in [2.05, 4.69) is 54.6 Å². The van der Waals surface area contributed by atoms with Crippen molar-refractivity contribution in [3.8, 4) is 6.07 Å². The van der Waals surface area contributed by atoms with Crippen LogP contribution in [-0.2, 0) is 5.41 Å². The Hall–Kier alpha value is -2.07. The fraction of sp³-hybridized carbons (Fsp3) is 0.409. The number of nitriles is 1. The molecular weight excluding hydrogens is 278 g/mol. The van der Waals surface area contributed by atoms with E-state index in [1.807, 2.05) is 12.1 Å². The molecule has 0 aromatic heterocycles. The molecule has 2 aromatic carbocycles. The van der Waals surface area contributed by atoms with Gasteiger partial charge in [0.1, 0.15) is 5.41 Å². The average Bonchev–Trinajstić information content (AvgIpc) is 2.66. The lowest BCUT2D eigenvalue weighted by Gasteiger charge is -2.55. The molecule has 1 heteroatoms. The molecule has 0 unspecified atom stereocenters. The third-order valence-corrected chi connectivity index (χ3v) is 6.47. The van der Waals surface area contributed by atoms with E-state index >= 15 is 0 Å². The SMILES string of the molecule is N#CC(c1ccccc1)(c1ccccc1)C12CCC(CC1)CC2. The lowest BCUT2D eigenvalue weighted by Crippen LogP contribution is -2.50. The quantitative estimate of drug-likeness (QED) is 0.737. The Kier molecular flexibility index (Phi) is 3.49. The second-order valence-electron chi connectivity index (χ2n) is 7.36. The molecule has 2 bridgehead atoms. The average molecular weight is 301 g/mol. The van der Waals surface area contributed by atoms with Gasteiger partial charge in [0.25, 0.3) is 0 Å². The topological polar surface area (TPSA) is 23.8 Å². The van der Waals surface area contributed by atoms with Gasteiger partial charge in [-0.05, 0) is 61.0 Å². The summed E-state index contributed by atoms with van der Waals surface area (Å²) in [4.78, 5) is 0. The van der Waals surface area contributed by atoms with Crippen molar-refractivity contribution in [1.29, 1.82) is 5.26 Å². The first kappa shape index (κ1) is 14.5. The molecule has 0 aliphatic heterocycles. The van der Waals surface area contributed by atoms with Crippen molar-refractivity contribution in [2.45, 2.75) is 43.9 Å². The number of fused-ring (bicyclic) bond motifs is 3. The van der Waals surface area contributed by atoms with Crippen LogP contribution in [0.15, 0.2) is 60.7 Å². The van der Waals surface area contributed by atoms with Gasteiger partial charge in [-0.25, -0.2) is 0 Å². The van der Waals surface area contributed by atoms with Crippen LogP contribution >= 0.6 is 0 Å². The molecule has 3 aliphatic rings. The van der Waals surface area contributed by atoms with Crippen LogP contribution in [0.25, 0.3) is 0 Å². The van der Waals surface area contributed by atoms with E-state index in [0.29, 0.717) is 0 Å². The molecule has 5 rings (SSSR count). The molecule has 0 atom stereocenters. The largest absolute Gasteiger partial charge is 0.197 e. The third-order valence-electron chi connectivity index (χ3n) is 6.47. The highest BCUT2D eigenvalue weighted by atomic mass is 14.6. The normalized spacial score (nSPS) is 26.7. The summed E-state index contributed by atoms with van der Waals surface area (Å²) in [5, 5.41) is 10.5. The number of rotatable bonds is 3. The van der Waals surface area contributed by atoms with E-state index in [1.54, 1.807) is 0 Å². The zero-order valence-electron chi connectivity index (χ0n) is 13.5. The van der Waals surface area contributed by atoms with E-state index in [9.17, 15) is 5.26 Å². The van der Waals surface area contributed by atoms with Crippen molar-refractivity contribution in [2.75, 3.05) is 0 Å². The van der Waals surface area contributed by atoms with Gasteiger partial charge in [-0.2, -0.15) is 5.26 Å². The molecule has 0 amide bonds. The van der Waals surface area contributed by atoms with Gasteiger partial charge in [0.15, 0.2) is 0 Å². The molecule has 0 N–H and O–H groups in total. The Morgan fingerprint density at radius 2 is 1.22 bits per heavy atom. The maximum absolute atomic E-state index is 10.5. The monoisotopic (exact) mass is 301 g/mol. The Balaban J connectivity index is 1.96. The predicted molar refractivity (Wildman–Crippen MR) is 92.9 cm³/mol. The van der Waals surface area contributed by atoms with Gasteiger partial charge in [0.05, 0.1) is 6.07 Å². The first-order valence-corrected chi connectivity index (χ1v) is 8.83. The number of hydrogen-bond donors (Lipinski definition) is 0. The van der Waals surface area contributed by atoms with Crippen LogP contribution < -0.4 is 0 Å². The number of benzene rings is 2. The summed E-state index contributed by atoms with van der Waals surface area (Å²) in [5.74, 6) is 0.903. The van der Waals surface area contributed by atoms with Gasteiger partial charge in [-0.15, -0.1) is 0 Å². The molecule has 0 heterocycles. The van der Waals surface area contributed by atoms with Crippen LogP contribution in [0.5, 0.6) is 0 Å². The Morgan fingerprint density at radius 3 is 1.61 bits per heavy atom. The minimum atomic E-state index is -0.513. The predicted octanol–water partition coefficient (Wildman–Crippen LogP) is 5.47. The summed E-state index contributed by atoms with van der Waals surface area (Å²) in [6.07, 6.45) is 7.45. The first-order chi connectivity index (χ1) is 11.3. The fourth-order valence-electron chi connectivity index (χ4n) is 5.21. The van der Waals surface area contributed by atoms with Gasteiger partial charge in [0.2, 0.25) is 0 Å². The van der Waals surface area contributed by atoms with Gasteiger partial charge in [0, 0.05) is 0 Å². The summed E-state index contributed by atoms with van der Waals surface area (Å²) in [5.41, 5.74) is 1.93.